The Morgan fingerprint density at radius 1 is 1.10 bits per heavy atom. The molecule has 30 heavy (non-hydrogen) atoms. The molecule has 0 fully saturated rings. The summed E-state index contributed by atoms with van der Waals surface area (Å²) in [5, 5.41) is 14.9. The number of rotatable bonds is 7. The second kappa shape index (κ2) is 8.91. The molecule has 9 nitrogen and oxygen atoms in total. The molecular formula is C21H19N3O6. The van der Waals surface area contributed by atoms with Gasteiger partial charge in [0, 0.05) is 29.3 Å². The largest absolute Gasteiger partial charge is 0.497 e. The Hall–Kier alpha value is -4.14. The van der Waals surface area contributed by atoms with Crippen LogP contribution in [0.4, 0.5) is 5.69 Å². The summed E-state index contributed by atoms with van der Waals surface area (Å²) in [4.78, 5) is 22.9. The van der Waals surface area contributed by atoms with Crippen molar-refractivity contribution < 1.29 is 23.6 Å². The van der Waals surface area contributed by atoms with Gasteiger partial charge in [-0.05, 0) is 36.8 Å². The Labute approximate surface area is 172 Å². The van der Waals surface area contributed by atoms with Crippen LogP contribution >= 0.6 is 0 Å². The van der Waals surface area contributed by atoms with Gasteiger partial charge in [-0.2, -0.15) is 5.10 Å². The first-order valence-corrected chi connectivity index (χ1v) is 8.83. The van der Waals surface area contributed by atoms with E-state index >= 15 is 0 Å². The predicted octanol–water partition coefficient (Wildman–Crippen LogP) is 3.94. The lowest BCUT2D eigenvalue weighted by molar-refractivity contribution is -0.384. The van der Waals surface area contributed by atoms with Crippen molar-refractivity contribution in [3.8, 4) is 22.8 Å². The van der Waals surface area contributed by atoms with Gasteiger partial charge >= 0.3 is 0 Å². The first-order valence-electron chi connectivity index (χ1n) is 8.83. The molecule has 0 spiro atoms. The Morgan fingerprint density at radius 3 is 2.43 bits per heavy atom. The average molecular weight is 409 g/mol. The molecule has 1 amide bonds. The molecule has 0 saturated heterocycles. The summed E-state index contributed by atoms with van der Waals surface area (Å²) >= 11 is 0. The van der Waals surface area contributed by atoms with Crippen molar-refractivity contribution in [2.45, 2.75) is 6.92 Å². The molecule has 0 radical (unpaired) electrons. The number of hydrogen-bond donors (Lipinski definition) is 1. The normalized spacial score (nSPS) is 10.8. The monoisotopic (exact) mass is 409 g/mol. The minimum Gasteiger partial charge on any atom is -0.497 e. The summed E-state index contributed by atoms with van der Waals surface area (Å²) in [5.41, 5.74) is 4.14. The summed E-state index contributed by atoms with van der Waals surface area (Å²) in [6, 6.07) is 12.7. The maximum absolute atomic E-state index is 12.3. The second-order valence-corrected chi connectivity index (χ2v) is 6.26. The molecule has 0 unspecified atom stereocenters. The summed E-state index contributed by atoms with van der Waals surface area (Å²) in [5.74, 6) is 1.34. The van der Waals surface area contributed by atoms with E-state index in [9.17, 15) is 14.9 Å². The number of aryl methyl sites for hydroxylation is 1. The van der Waals surface area contributed by atoms with Gasteiger partial charge in [0.25, 0.3) is 11.6 Å². The van der Waals surface area contributed by atoms with Gasteiger partial charge in [-0.3, -0.25) is 14.9 Å². The standard InChI is InChI=1S/C21H19N3O6/c1-13-4-5-15(24(26)27)10-19(13)20-7-6-16(30-20)12-22-23-21(25)14-8-17(28-2)11-18(9-14)29-3/h4-12H,1-3H3,(H,23,25)/b22-12-. The number of nitrogens with zero attached hydrogens (tertiary/aromatic N) is 2. The lowest BCUT2D eigenvalue weighted by atomic mass is 10.1. The van der Waals surface area contributed by atoms with Gasteiger partial charge in [-0.25, -0.2) is 5.43 Å². The number of methoxy groups -OCH3 is 2. The van der Waals surface area contributed by atoms with Crippen LogP contribution in [0.3, 0.4) is 0 Å². The number of furan rings is 1. The van der Waals surface area contributed by atoms with Crippen molar-refractivity contribution in [1.29, 1.82) is 0 Å². The fraction of sp³-hybridized carbons (Fsp3) is 0.143. The number of nitro benzene ring substituents is 1. The number of non-ortho nitro benzene ring substituents is 1. The fourth-order valence-corrected chi connectivity index (χ4v) is 2.71. The predicted molar refractivity (Wildman–Crippen MR) is 110 cm³/mol. The van der Waals surface area contributed by atoms with Gasteiger partial charge in [-0.1, -0.05) is 6.07 Å². The van der Waals surface area contributed by atoms with Gasteiger partial charge in [0.15, 0.2) is 0 Å². The Morgan fingerprint density at radius 2 is 1.80 bits per heavy atom. The Bertz CT molecular complexity index is 1100. The highest BCUT2D eigenvalue weighted by atomic mass is 16.6. The molecule has 3 rings (SSSR count). The van der Waals surface area contributed by atoms with Crippen molar-refractivity contribution >= 4 is 17.8 Å². The smallest absolute Gasteiger partial charge is 0.271 e. The number of carbonyl (C=O) groups is 1. The Balaban J connectivity index is 1.73. The zero-order valence-electron chi connectivity index (χ0n) is 16.5. The maximum atomic E-state index is 12.3. The van der Waals surface area contributed by atoms with Gasteiger partial charge in [0.05, 0.1) is 25.4 Å². The number of hydrogen-bond acceptors (Lipinski definition) is 7. The highest BCUT2D eigenvalue weighted by Gasteiger charge is 2.13. The van der Waals surface area contributed by atoms with Gasteiger partial charge in [0.2, 0.25) is 0 Å². The Kier molecular flexibility index (Phi) is 6.11. The minimum absolute atomic E-state index is 0.0248. The lowest BCUT2D eigenvalue weighted by Crippen LogP contribution is -2.17. The maximum Gasteiger partial charge on any atom is 0.271 e. The molecule has 1 N–H and O–H groups in total. The molecule has 154 valence electrons. The fourth-order valence-electron chi connectivity index (χ4n) is 2.71. The first kappa shape index (κ1) is 20.6. The highest BCUT2D eigenvalue weighted by Crippen LogP contribution is 2.29. The van der Waals surface area contributed by atoms with Gasteiger partial charge in [0.1, 0.15) is 23.0 Å². The van der Waals surface area contributed by atoms with Crippen LogP contribution in [-0.2, 0) is 0 Å². The molecule has 0 aliphatic carbocycles. The van der Waals surface area contributed by atoms with Crippen LogP contribution in [0.25, 0.3) is 11.3 Å². The van der Waals surface area contributed by atoms with Crippen LogP contribution in [0.2, 0.25) is 0 Å². The topological polar surface area (TPSA) is 116 Å². The van der Waals surface area contributed by atoms with Gasteiger partial charge < -0.3 is 13.9 Å². The zero-order valence-corrected chi connectivity index (χ0v) is 16.5. The molecule has 9 heteroatoms. The van der Waals surface area contributed by atoms with Crippen molar-refractivity contribution in [1.82, 2.24) is 5.43 Å². The average Bonchev–Trinajstić information content (AvgIpc) is 3.21. The summed E-state index contributed by atoms with van der Waals surface area (Å²) < 4.78 is 16.0. The van der Waals surface area contributed by atoms with E-state index in [1.54, 1.807) is 36.4 Å². The third-order valence-electron chi connectivity index (χ3n) is 4.30. The molecule has 2 aromatic carbocycles. The molecular weight excluding hydrogens is 390 g/mol. The van der Waals surface area contributed by atoms with Crippen LogP contribution in [0.15, 0.2) is 58.0 Å². The summed E-state index contributed by atoms with van der Waals surface area (Å²) in [6.45, 7) is 1.83. The van der Waals surface area contributed by atoms with E-state index in [0.717, 1.165) is 5.56 Å². The highest BCUT2D eigenvalue weighted by molar-refractivity contribution is 5.95. The van der Waals surface area contributed by atoms with Crippen LogP contribution < -0.4 is 14.9 Å². The number of nitrogens with one attached hydrogen (secondary N) is 1. The van der Waals surface area contributed by atoms with Crippen LogP contribution in [0, 0.1) is 17.0 Å². The second-order valence-electron chi connectivity index (χ2n) is 6.26. The van der Waals surface area contributed by atoms with E-state index in [1.807, 2.05) is 6.92 Å². The first-order chi connectivity index (χ1) is 14.4. The molecule has 0 saturated carbocycles. The zero-order chi connectivity index (χ0) is 21.7. The van der Waals surface area contributed by atoms with Crippen LogP contribution in [-0.4, -0.2) is 31.3 Å². The molecule has 0 bridgehead atoms. The van der Waals surface area contributed by atoms with Crippen LogP contribution in [0.5, 0.6) is 11.5 Å². The molecule has 1 heterocycles. The summed E-state index contributed by atoms with van der Waals surface area (Å²) in [7, 11) is 2.98. The van der Waals surface area contributed by atoms with E-state index in [-0.39, 0.29) is 5.69 Å². The number of hydrazone groups is 1. The molecule has 0 aliphatic heterocycles. The quantitative estimate of drug-likeness (QED) is 0.359. The van der Waals surface area contributed by atoms with E-state index in [4.69, 9.17) is 13.9 Å². The number of carbonyl (C=O) groups excluding carboxylic acids is 1. The SMILES string of the molecule is COc1cc(OC)cc(C(=O)N/N=C\c2ccc(-c3cc([N+](=O)[O-])ccc3C)o2)c1. The van der Waals surface area contributed by atoms with E-state index in [0.29, 0.717) is 34.1 Å². The summed E-state index contributed by atoms with van der Waals surface area (Å²) in [6.07, 6.45) is 1.34. The van der Waals surface area contributed by atoms with E-state index in [2.05, 4.69) is 10.5 Å². The van der Waals surface area contributed by atoms with Gasteiger partial charge in [-0.15, -0.1) is 0 Å². The molecule has 0 atom stereocenters. The third kappa shape index (κ3) is 4.64. The van der Waals surface area contributed by atoms with E-state index < -0.39 is 10.8 Å². The van der Waals surface area contributed by atoms with Crippen molar-refractivity contribution in [2.75, 3.05) is 14.2 Å². The number of nitro groups is 1. The molecule has 3 aromatic rings. The number of benzene rings is 2. The van der Waals surface area contributed by atoms with Crippen molar-refractivity contribution in [3.05, 3.63) is 75.5 Å². The third-order valence-corrected chi connectivity index (χ3v) is 4.30. The minimum atomic E-state index is -0.461. The number of ether oxygens (including phenoxy) is 2. The number of amides is 1. The van der Waals surface area contributed by atoms with Crippen LogP contribution in [0.1, 0.15) is 21.7 Å². The van der Waals surface area contributed by atoms with E-state index in [1.165, 1.54) is 32.6 Å². The molecule has 0 aliphatic rings. The lowest BCUT2D eigenvalue weighted by Gasteiger charge is -2.07. The van der Waals surface area contributed by atoms with Crippen molar-refractivity contribution in [2.24, 2.45) is 5.10 Å². The molecule has 1 aromatic heterocycles. The van der Waals surface area contributed by atoms with Crippen molar-refractivity contribution in [3.63, 3.8) is 0 Å².